The second-order valence-electron chi connectivity index (χ2n) is 12.9. The highest BCUT2D eigenvalue weighted by molar-refractivity contribution is 5.98. The van der Waals surface area contributed by atoms with Gasteiger partial charge < -0.3 is 23.8 Å². The third kappa shape index (κ3) is 8.15. The average molecular weight is 700 g/mol. The van der Waals surface area contributed by atoms with E-state index in [1.165, 1.54) is 13.2 Å². The minimum absolute atomic E-state index is 0.0465. The van der Waals surface area contributed by atoms with Gasteiger partial charge in [0.15, 0.2) is 17.5 Å². The van der Waals surface area contributed by atoms with Gasteiger partial charge in [-0.2, -0.15) is 15.4 Å². The molecule has 1 N–H and O–H groups in total. The molecule has 0 aliphatic carbocycles. The first kappa shape index (κ1) is 35.8. The Labute approximate surface area is 295 Å². The Morgan fingerprint density at radius 1 is 1.04 bits per heavy atom. The Kier molecular flexibility index (Phi) is 11.5. The number of H-pyrrole nitrogens is 1. The number of halogens is 2. The normalized spacial score (nSPS) is 14.5. The summed E-state index contributed by atoms with van der Waals surface area (Å²) in [5.41, 5.74) is 3.95. The molecule has 268 valence electrons. The summed E-state index contributed by atoms with van der Waals surface area (Å²) in [6, 6.07) is 16.9. The molecule has 0 spiro atoms. The first-order chi connectivity index (χ1) is 24.8. The van der Waals surface area contributed by atoms with E-state index in [0.717, 1.165) is 17.1 Å². The Hall–Kier alpha value is -5.01. The van der Waals surface area contributed by atoms with Gasteiger partial charge in [-0.15, -0.1) is 0 Å². The molecule has 1 aliphatic rings. The molecule has 1 atom stereocenters. The van der Waals surface area contributed by atoms with Crippen LogP contribution in [-0.4, -0.2) is 100 Å². The minimum Gasteiger partial charge on any atom is -0.496 e. The van der Waals surface area contributed by atoms with E-state index >= 15 is 0 Å². The highest BCUT2D eigenvalue weighted by Crippen LogP contribution is 2.30. The number of aromatic nitrogens is 5. The number of rotatable bonds is 15. The van der Waals surface area contributed by atoms with Gasteiger partial charge in [0, 0.05) is 44.1 Å². The van der Waals surface area contributed by atoms with E-state index in [-0.39, 0.29) is 30.1 Å². The number of Topliss-reactive ketones (excluding diaryl/α,β-unsaturated/α-hetero) is 1. The lowest BCUT2D eigenvalue weighted by atomic mass is 9.90. The van der Waals surface area contributed by atoms with Crippen LogP contribution in [0.4, 0.5) is 8.78 Å². The number of likely N-dealkylation sites (N-methyl/N-ethyl adjacent to an activating group) is 1. The topological polar surface area (TPSA) is 118 Å². The van der Waals surface area contributed by atoms with E-state index in [9.17, 15) is 18.4 Å². The first-order valence-electron chi connectivity index (χ1n) is 17.3. The third-order valence-corrected chi connectivity index (χ3v) is 9.69. The number of nitrogens with zero attached hydrogens (tertiary/aromatic N) is 6. The highest BCUT2D eigenvalue weighted by atomic mass is 19.2. The fourth-order valence-electron chi connectivity index (χ4n) is 6.85. The number of hydrogen-bond donors (Lipinski definition) is 1. The van der Waals surface area contributed by atoms with Crippen LogP contribution < -0.4 is 4.74 Å². The minimum atomic E-state index is -0.930. The Balaban J connectivity index is 1.13. The predicted octanol–water partition coefficient (Wildman–Crippen LogP) is 5.99. The van der Waals surface area contributed by atoms with Gasteiger partial charge in [-0.25, -0.2) is 13.8 Å². The van der Waals surface area contributed by atoms with Crippen molar-refractivity contribution in [3.63, 3.8) is 0 Å². The summed E-state index contributed by atoms with van der Waals surface area (Å²) in [6.45, 7) is 5.93. The number of fused-ring (bicyclic) bond motifs is 1. The number of methoxy groups -OCH3 is 1. The molecule has 3 aromatic carbocycles. The number of amides is 1. The largest absolute Gasteiger partial charge is 0.496 e. The van der Waals surface area contributed by atoms with Gasteiger partial charge in [-0.1, -0.05) is 18.2 Å². The second-order valence-corrected chi connectivity index (χ2v) is 12.9. The molecule has 1 unspecified atom stereocenters. The van der Waals surface area contributed by atoms with Crippen LogP contribution in [-0.2, 0) is 11.3 Å². The molecule has 1 saturated heterocycles. The van der Waals surface area contributed by atoms with Gasteiger partial charge in [-0.3, -0.25) is 9.59 Å². The zero-order chi connectivity index (χ0) is 35.9. The zero-order valence-electron chi connectivity index (χ0n) is 29.1. The quantitative estimate of drug-likeness (QED) is 0.105. The monoisotopic (exact) mass is 699 g/mol. The lowest BCUT2D eigenvalue weighted by Crippen LogP contribution is -2.39. The summed E-state index contributed by atoms with van der Waals surface area (Å²) in [5.74, 6) is -1.65. The molecule has 0 radical (unpaired) electrons. The fraction of sp³-hybridized carbons (Fsp3) is 0.395. The molecule has 51 heavy (non-hydrogen) atoms. The van der Waals surface area contributed by atoms with Gasteiger partial charge >= 0.3 is 0 Å². The summed E-state index contributed by atoms with van der Waals surface area (Å²) in [6.07, 6.45) is 3.52. The van der Waals surface area contributed by atoms with E-state index in [4.69, 9.17) is 14.5 Å². The number of nitrogens with one attached hydrogen (secondary N) is 1. The highest BCUT2D eigenvalue weighted by Gasteiger charge is 2.30. The molecule has 1 amide bonds. The number of likely N-dealkylation sites (tertiary alicyclic amines) is 1. The molecule has 2 aromatic heterocycles. The van der Waals surface area contributed by atoms with Crippen molar-refractivity contribution in [1.82, 2.24) is 34.8 Å². The molecule has 0 bridgehead atoms. The van der Waals surface area contributed by atoms with E-state index in [1.54, 1.807) is 42.4 Å². The van der Waals surface area contributed by atoms with Crippen molar-refractivity contribution in [2.75, 3.05) is 53.6 Å². The summed E-state index contributed by atoms with van der Waals surface area (Å²) in [4.78, 5) is 36.2. The molecule has 0 saturated carbocycles. The first-order valence-corrected chi connectivity index (χ1v) is 17.3. The van der Waals surface area contributed by atoms with Crippen LogP contribution in [0.15, 0.2) is 66.9 Å². The van der Waals surface area contributed by atoms with Crippen LogP contribution in [0, 0.1) is 17.6 Å². The molecule has 1 fully saturated rings. The number of para-hydroxylation sites is 2. The van der Waals surface area contributed by atoms with Crippen molar-refractivity contribution in [3.05, 3.63) is 95.4 Å². The number of hydrogen-bond acceptors (Lipinski definition) is 8. The van der Waals surface area contributed by atoms with Gasteiger partial charge in [0.05, 0.1) is 36.5 Å². The number of ether oxygens (including phenoxy) is 2. The molecular weight excluding hydrogens is 656 g/mol. The maximum Gasteiger partial charge on any atom is 0.257 e. The third-order valence-electron chi connectivity index (χ3n) is 9.69. The van der Waals surface area contributed by atoms with Crippen molar-refractivity contribution in [1.29, 1.82) is 0 Å². The molecular formula is C38H43F2N7O4. The molecule has 1 aliphatic heterocycles. The average Bonchev–Trinajstić information content (AvgIpc) is 3.83. The van der Waals surface area contributed by atoms with Gasteiger partial charge in [0.2, 0.25) is 5.78 Å². The SMILES string of the molecule is CCOCCn1c(C(=O)C2CCN(CCC(CN(C)C(=O)c3cc(-c4cn[nH]n4)ccc3OC)c3ccc(F)c(F)c3)CC2)nc2ccccc21. The van der Waals surface area contributed by atoms with Crippen LogP contribution in [0.1, 0.15) is 58.6 Å². The van der Waals surface area contributed by atoms with Crippen LogP contribution in [0.2, 0.25) is 0 Å². The van der Waals surface area contributed by atoms with Crippen molar-refractivity contribution in [2.45, 2.75) is 38.6 Å². The molecule has 5 aromatic rings. The lowest BCUT2D eigenvalue weighted by Gasteiger charge is -2.33. The maximum absolute atomic E-state index is 14.5. The number of carbonyl (C=O) groups excluding carboxylic acids is 2. The standard InChI is InChI=1S/C38H43F2N7O4/c1-4-51-20-19-47-34-8-6-5-7-32(34)42-37(47)36(48)25-13-16-46(17-14-25)18-15-28(26-9-11-30(39)31(40)22-26)24-45(2)38(49)29-21-27(10-12-35(29)50-3)33-23-41-44-43-33/h5-12,21-23,25,28H,4,13-20,24H2,1-3H3,(H,41,43,44). The van der Waals surface area contributed by atoms with Crippen LogP contribution in [0.25, 0.3) is 22.3 Å². The summed E-state index contributed by atoms with van der Waals surface area (Å²) in [7, 11) is 3.19. The van der Waals surface area contributed by atoms with Gasteiger partial charge in [-0.05, 0) is 93.8 Å². The molecule has 11 nitrogen and oxygen atoms in total. The molecule has 6 rings (SSSR count). The molecule has 13 heteroatoms. The smallest absolute Gasteiger partial charge is 0.257 e. The predicted molar refractivity (Wildman–Crippen MR) is 189 cm³/mol. The maximum atomic E-state index is 14.5. The van der Waals surface area contributed by atoms with Crippen LogP contribution >= 0.6 is 0 Å². The number of piperidine rings is 1. The van der Waals surface area contributed by atoms with Gasteiger partial charge in [0.1, 0.15) is 11.4 Å². The van der Waals surface area contributed by atoms with E-state index in [0.29, 0.717) is 92.6 Å². The second kappa shape index (κ2) is 16.3. The fourth-order valence-corrected chi connectivity index (χ4v) is 6.85. The Morgan fingerprint density at radius 3 is 2.57 bits per heavy atom. The number of ketones is 1. The van der Waals surface area contributed by atoms with E-state index in [2.05, 4.69) is 20.3 Å². The van der Waals surface area contributed by atoms with E-state index in [1.807, 2.05) is 35.8 Å². The van der Waals surface area contributed by atoms with Crippen molar-refractivity contribution in [3.8, 4) is 17.0 Å². The number of imidazole rings is 1. The number of benzene rings is 3. The zero-order valence-corrected chi connectivity index (χ0v) is 29.1. The summed E-state index contributed by atoms with van der Waals surface area (Å²) < 4.78 is 41.5. The lowest BCUT2D eigenvalue weighted by molar-refractivity contribution is 0.0776. The van der Waals surface area contributed by atoms with Crippen LogP contribution in [0.3, 0.4) is 0 Å². The van der Waals surface area contributed by atoms with E-state index < -0.39 is 11.6 Å². The number of carbonyl (C=O) groups is 2. The van der Waals surface area contributed by atoms with Crippen molar-refractivity contribution < 1.29 is 27.8 Å². The Morgan fingerprint density at radius 2 is 1.84 bits per heavy atom. The van der Waals surface area contributed by atoms with Crippen molar-refractivity contribution >= 4 is 22.7 Å². The summed E-state index contributed by atoms with van der Waals surface area (Å²) in [5, 5.41) is 10.6. The molecule has 3 heterocycles. The Bertz CT molecular complexity index is 1960. The van der Waals surface area contributed by atoms with Crippen LogP contribution in [0.5, 0.6) is 5.75 Å². The summed E-state index contributed by atoms with van der Waals surface area (Å²) >= 11 is 0. The van der Waals surface area contributed by atoms with Gasteiger partial charge in [0.25, 0.3) is 5.91 Å². The van der Waals surface area contributed by atoms with Crippen molar-refractivity contribution in [2.24, 2.45) is 5.92 Å². The number of aromatic amines is 1.